The summed E-state index contributed by atoms with van der Waals surface area (Å²) in [6.07, 6.45) is 9.68. The van der Waals surface area contributed by atoms with Crippen molar-refractivity contribution < 1.29 is 4.79 Å². The molecule has 32 heavy (non-hydrogen) atoms. The highest BCUT2D eigenvalue weighted by Crippen LogP contribution is 2.61. The fourth-order valence-electron chi connectivity index (χ4n) is 7.24. The van der Waals surface area contributed by atoms with Gasteiger partial charge in [0.1, 0.15) is 11.6 Å². The Balaban J connectivity index is 1.20. The lowest BCUT2D eigenvalue weighted by atomic mass is 9.48. The molecule has 6 heteroatoms. The van der Waals surface area contributed by atoms with Crippen molar-refractivity contribution in [3.05, 3.63) is 41.1 Å². The van der Waals surface area contributed by atoms with Crippen LogP contribution < -0.4 is 10.2 Å². The topological polar surface area (TPSA) is 59.4 Å². The molecule has 1 unspecified atom stereocenters. The molecule has 0 aromatic heterocycles. The zero-order chi connectivity index (χ0) is 22.3. The van der Waals surface area contributed by atoms with Crippen molar-refractivity contribution in [3.8, 4) is 6.07 Å². The lowest BCUT2D eigenvalue weighted by Crippen LogP contribution is -2.56. The lowest BCUT2D eigenvalue weighted by Gasteiger charge is -2.59. The number of nitriles is 1. The highest BCUT2D eigenvalue weighted by Gasteiger charge is 2.53. The Morgan fingerprint density at radius 2 is 1.78 bits per heavy atom. The maximum absolute atomic E-state index is 13.0. The standard InChI is InChI=1S/C26H33ClN4O/c1-18(26-13-19-9-20(14-26)11-21(10-19)15-26)29-25(32)22(16-28)17-30-5-7-31(8-6-30)24-4-2-3-23(27)12-24/h2-4,12,17-21H,5-11,13-15H2,1H3,(H,29,32)/b22-17-. The number of hydrogen-bond donors (Lipinski definition) is 1. The Labute approximate surface area is 196 Å². The maximum atomic E-state index is 13.0. The van der Waals surface area contributed by atoms with Crippen molar-refractivity contribution in [1.29, 1.82) is 5.26 Å². The van der Waals surface area contributed by atoms with E-state index >= 15 is 0 Å². The van der Waals surface area contributed by atoms with E-state index in [0.29, 0.717) is 0 Å². The van der Waals surface area contributed by atoms with Crippen LogP contribution in [0.3, 0.4) is 0 Å². The average molecular weight is 453 g/mol. The molecule has 5 fully saturated rings. The van der Waals surface area contributed by atoms with E-state index in [1.54, 1.807) is 6.20 Å². The van der Waals surface area contributed by atoms with Crippen molar-refractivity contribution in [3.63, 3.8) is 0 Å². The number of carbonyl (C=O) groups is 1. The molecule has 0 spiro atoms. The van der Waals surface area contributed by atoms with Crippen molar-refractivity contribution in [2.45, 2.75) is 51.5 Å². The molecule has 1 saturated heterocycles. The molecule has 0 radical (unpaired) electrons. The van der Waals surface area contributed by atoms with E-state index in [4.69, 9.17) is 11.6 Å². The molecule has 1 atom stereocenters. The molecule has 4 aliphatic carbocycles. The second-order valence-electron chi connectivity index (χ2n) is 10.6. The average Bonchev–Trinajstić information content (AvgIpc) is 2.77. The van der Waals surface area contributed by atoms with Gasteiger partial charge in [0.05, 0.1) is 0 Å². The van der Waals surface area contributed by atoms with E-state index in [2.05, 4.69) is 34.2 Å². The van der Waals surface area contributed by atoms with Gasteiger partial charge in [0.15, 0.2) is 0 Å². The quantitative estimate of drug-likeness (QED) is 0.524. The first kappa shape index (κ1) is 21.6. The second-order valence-corrected chi connectivity index (χ2v) is 11.1. The predicted molar refractivity (Wildman–Crippen MR) is 127 cm³/mol. The van der Waals surface area contributed by atoms with Crippen LogP contribution in [0, 0.1) is 34.5 Å². The smallest absolute Gasteiger partial charge is 0.263 e. The Morgan fingerprint density at radius 1 is 1.16 bits per heavy atom. The van der Waals surface area contributed by atoms with Crippen LogP contribution in [0.25, 0.3) is 0 Å². The van der Waals surface area contributed by atoms with Crippen LogP contribution in [0.4, 0.5) is 5.69 Å². The van der Waals surface area contributed by atoms with Crippen molar-refractivity contribution >= 4 is 23.2 Å². The van der Waals surface area contributed by atoms with Crippen LogP contribution in [0.1, 0.15) is 45.4 Å². The molecule has 5 nitrogen and oxygen atoms in total. The van der Waals surface area contributed by atoms with Crippen LogP contribution in [0.5, 0.6) is 0 Å². The summed E-state index contributed by atoms with van der Waals surface area (Å²) in [4.78, 5) is 17.4. The summed E-state index contributed by atoms with van der Waals surface area (Å²) < 4.78 is 0. The molecule has 1 aromatic carbocycles. The van der Waals surface area contributed by atoms with E-state index in [1.165, 1.54) is 38.5 Å². The SMILES string of the molecule is CC(NC(=O)/C(C#N)=C\N1CCN(c2cccc(Cl)c2)CC1)C12CC3CC(CC(C3)C1)C2. The number of hydrogen-bond acceptors (Lipinski definition) is 4. The van der Waals surface area contributed by atoms with Crippen molar-refractivity contribution in [2.75, 3.05) is 31.1 Å². The third-order valence-electron chi connectivity index (χ3n) is 8.52. The Bertz CT molecular complexity index is 908. The number of nitrogens with one attached hydrogen (secondary N) is 1. The zero-order valence-corrected chi connectivity index (χ0v) is 19.7. The van der Waals surface area contributed by atoms with Gasteiger partial charge in [-0.2, -0.15) is 5.26 Å². The minimum absolute atomic E-state index is 0.125. The van der Waals surface area contributed by atoms with Gasteiger partial charge in [-0.25, -0.2) is 0 Å². The molecular weight excluding hydrogens is 420 g/mol. The molecule has 1 heterocycles. The van der Waals surface area contributed by atoms with E-state index in [9.17, 15) is 10.1 Å². The van der Waals surface area contributed by atoms with Crippen LogP contribution in [-0.2, 0) is 4.79 Å². The summed E-state index contributed by atoms with van der Waals surface area (Å²) in [5, 5.41) is 13.7. The Kier molecular flexibility index (Phi) is 5.84. The molecule has 1 amide bonds. The minimum atomic E-state index is -0.215. The number of carbonyl (C=O) groups excluding carboxylic acids is 1. The molecule has 1 aromatic rings. The van der Waals surface area contributed by atoms with Gasteiger partial charge in [-0.15, -0.1) is 0 Å². The van der Waals surface area contributed by atoms with Gasteiger partial charge >= 0.3 is 0 Å². The summed E-state index contributed by atoms with van der Waals surface area (Å²) in [6.45, 7) is 5.39. The monoisotopic (exact) mass is 452 g/mol. The maximum Gasteiger partial charge on any atom is 0.263 e. The number of piperazine rings is 1. The van der Waals surface area contributed by atoms with Gasteiger partial charge in [0.25, 0.3) is 5.91 Å². The molecule has 6 rings (SSSR count). The summed E-state index contributed by atoms with van der Waals surface area (Å²) >= 11 is 6.13. The van der Waals surface area contributed by atoms with Gasteiger partial charge in [0.2, 0.25) is 0 Å². The van der Waals surface area contributed by atoms with E-state index < -0.39 is 0 Å². The summed E-state index contributed by atoms with van der Waals surface area (Å²) in [6, 6.07) is 10.2. The third kappa shape index (κ3) is 4.22. The minimum Gasteiger partial charge on any atom is -0.373 e. The molecule has 4 saturated carbocycles. The number of rotatable bonds is 5. The normalized spacial score (nSPS) is 32.5. The van der Waals surface area contributed by atoms with Crippen molar-refractivity contribution in [2.24, 2.45) is 23.2 Å². The highest BCUT2D eigenvalue weighted by molar-refractivity contribution is 6.30. The van der Waals surface area contributed by atoms with Gasteiger partial charge in [0, 0.05) is 49.1 Å². The summed E-state index contributed by atoms with van der Waals surface area (Å²) in [5.41, 5.74) is 1.58. The fourth-order valence-corrected chi connectivity index (χ4v) is 7.42. The Hall–Kier alpha value is -2.19. The lowest BCUT2D eigenvalue weighted by molar-refractivity contribution is -0.122. The first-order chi connectivity index (χ1) is 15.4. The number of anilines is 1. The molecular formula is C26H33ClN4O. The predicted octanol–water partition coefficient (Wildman–Crippen LogP) is 4.59. The Morgan fingerprint density at radius 3 is 2.34 bits per heavy atom. The van der Waals surface area contributed by atoms with E-state index in [1.807, 2.05) is 18.2 Å². The number of halogens is 1. The summed E-state index contributed by atoms with van der Waals surface area (Å²) in [7, 11) is 0. The molecule has 170 valence electrons. The van der Waals surface area contributed by atoms with Crippen LogP contribution >= 0.6 is 11.6 Å². The van der Waals surface area contributed by atoms with E-state index in [-0.39, 0.29) is 22.9 Å². The first-order valence-corrected chi connectivity index (χ1v) is 12.5. The third-order valence-corrected chi connectivity index (χ3v) is 8.75. The van der Waals surface area contributed by atoms with Gasteiger partial charge < -0.3 is 15.1 Å². The number of amides is 1. The number of benzene rings is 1. The summed E-state index contributed by atoms with van der Waals surface area (Å²) in [5.74, 6) is 2.33. The van der Waals surface area contributed by atoms with Crippen LogP contribution in [-0.4, -0.2) is 43.0 Å². The second kappa shape index (κ2) is 8.63. The molecule has 1 N–H and O–H groups in total. The highest BCUT2D eigenvalue weighted by atomic mass is 35.5. The largest absolute Gasteiger partial charge is 0.373 e. The molecule has 1 aliphatic heterocycles. The van der Waals surface area contributed by atoms with Crippen molar-refractivity contribution in [1.82, 2.24) is 10.2 Å². The zero-order valence-electron chi connectivity index (χ0n) is 18.9. The fraction of sp³-hybridized carbons (Fsp3) is 0.615. The van der Waals surface area contributed by atoms with Gasteiger partial charge in [-0.3, -0.25) is 4.79 Å². The van der Waals surface area contributed by atoms with Gasteiger partial charge in [-0.05, 0) is 86.8 Å². The van der Waals surface area contributed by atoms with E-state index in [0.717, 1.165) is 54.6 Å². The van der Waals surface area contributed by atoms with Crippen LogP contribution in [0.2, 0.25) is 5.02 Å². The van der Waals surface area contributed by atoms with Gasteiger partial charge in [-0.1, -0.05) is 17.7 Å². The first-order valence-electron chi connectivity index (χ1n) is 12.1. The number of nitrogens with zero attached hydrogens (tertiary/aromatic N) is 3. The molecule has 5 aliphatic rings. The molecule has 4 bridgehead atoms. The van der Waals surface area contributed by atoms with Crippen LogP contribution in [0.15, 0.2) is 36.0 Å².